The number of thiazole rings is 1. The van der Waals surface area contributed by atoms with Crippen molar-refractivity contribution >= 4 is 39.5 Å². The summed E-state index contributed by atoms with van der Waals surface area (Å²) in [6.07, 6.45) is 0.621. The van der Waals surface area contributed by atoms with Gasteiger partial charge in [-0.05, 0) is 12.1 Å². The molecular formula is C15H15N3O4S. The van der Waals surface area contributed by atoms with Crippen LogP contribution in [0.1, 0.15) is 11.4 Å². The molecule has 1 aromatic carbocycles. The van der Waals surface area contributed by atoms with Crippen molar-refractivity contribution in [3.05, 3.63) is 29.3 Å². The summed E-state index contributed by atoms with van der Waals surface area (Å²) in [5.74, 6) is -0.981. The van der Waals surface area contributed by atoms with E-state index in [1.807, 2.05) is 24.3 Å². The van der Waals surface area contributed by atoms with Crippen molar-refractivity contribution in [3.63, 3.8) is 0 Å². The first-order valence-corrected chi connectivity index (χ1v) is 8.03. The number of nitrogens with zero attached hydrogens (tertiary/aromatic N) is 2. The molecule has 1 aliphatic rings. The topological polar surface area (TPSA) is 88.6 Å². The number of benzene rings is 1. The zero-order valence-electron chi connectivity index (χ0n) is 12.3. The van der Waals surface area contributed by atoms with Gasteiger partial charge in [0.25, 0.3) is 5.91 Å². The number of hydrogen-bond acceptors (Lipinski definition) is 6. The van der Waals surface area contributed by atoms with E-state index in [2.05, 4.69) is 10.3 Å². The van der Waals surface area contributed by atoms with Crippen LogP contribution in [0, 0.1) is 0 Å². The van der Waals surface area contributed by atoms with E-state index in [0.717, 1.165) is 20.1 Å². The molecule has 0 aliphatic carbocycles. The second-order valence-corrected chi connectivity index (χ2v) is 6.13. The molecule has 2 heterocycles. The molecule has 0 spiro atoms. The quantitative estimate of drug-likeness (QED) is 0.834. The van der Waals surface area contributed by atoms with E-state index in [1.165, 1.54) is 11.3 Å². The lowest BCUT2D eigenvalue weighted by Gasteiger charge is -2.11. The molecular weight excluding hydrogens is 318 g/mol. The molecule has 23 heavy (non-hydrogen) atoms. The zero-order valence-corrected chi connectivity index (χ0v) is 13.1. The van der Waals surface area contributed by atoms with Crippen molar-refractivity contribution in [1.82, 2.24) is 15.2 Å². The van der Waals surface area contributed by atoms with Crippen LogP contribution in [0.25, 0.3) is 10.2 Å². The fraction of sp³-hybridized carbons (Fsp3) is 0.333. The number of aromatic nitrogens is 1. The summed E-state index contributed by atoms with van der Waals surface area (Å²) in [7, 11) is 0. The van der Waals surface area contributed by atoms with Crippen LogP contribution in [0.5, 0.6) is 0 Å². The second-order valence-electron chi connectivity index (χ2n) is 5.01. The van der Waals surface area contributed by atoms with Gasteiger partial charge in [0.05, 0.1) is 21.6 Å². The third kappa shape index (κ3) is 3.65. The van der Waals surface area contributed by atoms with E-state index in [4.69, 9.17) is 4.74 Å². The SMILES string of the molecule is O=C(CCc1nc2ccccc2s1)OCC(=O)N1CCNC1=O. The molecule has 120 valence electrons. The van der Waals surface area contributed by atoms with Gasteiger partial charge in [0.15, 0.2) is 6.61 Å². The Balaban J connectivity index is 1.46. The summed E-state index contributed by atoms with van der Waals surface area (Å²) in [6, 6.07) is 7.32. The van der Waals surface area contributed by atoms with Gasteiger partial charge in [-0.2, -0.15) is 0 Å². The molecule has 7 nitrogen and oxygen atoms in total. The lowest BCUT2D eigenvalue weighted by Crippen LogP contribution is -2.37. The third-order valence-corrected chi connectivity index (χ3v) is 4.49. The molecule has 1 aromatic heterocycles. The molecule has 1 aliphatic heterocycles. The van der Waals surface area contributed by atoms with Gasteiger partial charge in [0.2, 0.25) is 0 Å². The fourth-order valence-electron chi connectivity index (χ4n) is 2.24. The highest BCUT2D eigenvalue weighted by molar-refractivity contribution is 7.18. The zero-order chi connectivity index (χ0) is 16.2. The lowest BCUT2D eigenvalue weighted by atomic mass is 10.3. The Kier molecular flexibility index (Phi) is 4.52. The van der Waals surface area contributed by atoms with Crippen molar-refractivity contribution in [2.24, 2.45) is 0 Å². The number of carbonyl (C=O) groups is 3. The van der Waals surface area contributed by atoms with Crippen LogP contribution in [-0.2, 0) is 20.7 Å². The van der Waals surface area contributed by atoms with Crippen molar-refractivity contribution in [3.8, 4) is 0 Å². The summed E-state index contributed by atoms with van der Waals surface area (Å²) < 4.78 is 6.00. The summed E-state index contributed by atoms with van der Waals surface area (Å²) in [6.45, 7) is 0.323. The van der Waals surface area contributed by atoms with Gasteiger partial charge in [-0.25, -0.2) is 9.78 Å². The Morgan fingerprint density at radius 3 is 2.91 bits per heavy atom. The molecule has 1 saturated heterocycles. The monoisotopic (exact) mass is 333 g/mol. The standard InChI is InChI=1S/C15H15N3O4S/c19-13(18-8-7-16-15(18)21)9-22-14(20)6-5-12-17-10-3-1-2-4-11(10)23-12/h1-4H,5-9H2,(H,16,21). The minimum Gasteiger partial charge on any atom is -0.456 e. The van der Waals surface area contributed by atoms with Crippen LogP contribution in [0.3, 0.4) is 0 Å². The second kappa shape index (κ2) is 6.74. The highest BCUT2D eigenvalue weighted by Crippen LogP contribution is 2.22. The minimum absolute atomic E-state index is 0.152. The number of hydrogen-bond donors (Lipinski definition) is 1. The predicted molar refractivity (Wildman–Crippen MR) is 84.0 cm³/mol. The van der Waals surface area contributed by atoms with Gasteiger partial charge in [-0.1, -0.05) is 12.1 Å². The van der Waals surface area contributed by atoms with E-state index in [9.17, 15) is 14.4 Å². The highest BCUT2D eigenvalue weighted by atomic mass is 32.1. The number of aryl methyl sites for hydroxylation is 1. The van der Waals surface area contributed by atoms with Gasteiger partial charge < -0.3 is 10.1 Å². The van der Waals surface area contributed by atoms with Gasteiger partial charge in [-0.3, -0.25) is 14.5 Å². The summed E-state index contributed by atoms with van der Waals surface area (Å²) in [5, 5.41) is 3.37. The van der Waals surface area contributed by atoms with E-state index in [0.29, 0.717) is 19.5 Å². The van der Waals surface area contributed by atoms with Crippen LogP contribution in [0.4, 0.5) is 4.79 Å². The molecule has 2 aromatic rings. The number of carbonyl (C=O) groups excluding carboxylic acids is 3. The first-order valence-electron chi connectivity index (χ1n) is 7.22. The first-order chi connectivity index (χ1) is 11.1. The average Bonchev–Trinajstić information content (AvgIpc) is 3.16. The number of urea groups is 1. The van der Waals surface area contributed by atoms with Crippen LogP contribution < -0.4 is 5.32 Å². The predicted octanol–water partition coefficient (Wildman–Crippen LogP) is 1.32. The fourth-order valence-corrected chi connectivity index (χ4v) is 3.20. The maximum absolute atomic E-state index is 11.7. The molecule has 0 saturated carbocycles. The maximum atomic E-state index is 11.7. The molecule has 8 heteroatoms. The van der Waals surface area contributed by atoms with Gasteiger partial charge in [0, 0.05) is 19.5 Å². The van der Waals surface area contributed by atoms with E-state index < -0.39 is 24.5 Å². The van der Waals surface area contributed by atoms with Gasteiger partial charge >= 0.3 is 12.0 Å². The number of ether oxygens (including phenoxy) is 1. The van der Waals surface area contributed by atoms with E-state index in [-0.39, 0.29) is 6.42 Å². The van der Waals surface area contributed by atoms with Crippen LogP contribution >= 0.6 is 11.3 Å². The Morgan fingerprint density at radius 2 is 2.17 bits per heavy atom. The number of amides is 3. The number of para-hydroxylation sites is 1. The number of imide groups is 1. The summed E-state index contributed by atoms with van der Waals surface area (Å²) in [4.78, 5) is 40.2. The number of esters is 1. The van der Waals surface area contributed by atoms with Gasteiger partial charge in [0.1, 0.15) is 0 Å². The molecule has 0 bridgehead atoms. The van der Waals surface area contributed by atoms with Crippen molar-refractivity contribution < 1.29 is 19.1 Å². The molecule has 3 rings (SSSR count). The minimum atomic E-state index is -0.506. The first kappa shape index (κ1) is 15.4. The Morgan fingerprint density at radius 1 is 1.35 bits per heavy atom. The van der Waals surface area contributed by atoms with Crippen molar-refractivity contribution in [2.75, 3.05) is 19.7 Å². The van der Waals surface area contributed by atoms with Gasteiger partial charge in [-0.15, -0.1) is 11.3 Å². The lowest BCUT2D eigenvalue weighted by molar-refractivity contribution is -0.150. The Hall–Kier alpha value is -2.48. The largest absolute Gasteiger partial charge is 0.456 e. The van der Waals surface area contributed by atoms with E-state index >= 15 is 0 Å². The molecule has 3 amide bonds. The molecule has 1 N–H and O–H groups in total. The number of rotatable bonds is 5. The van der Waals surface area contributed by atoms with Crippen molar-refractivity contribution in [1.29, 1.82) is 0 Å². The highest BCUT2D eigenvalue weighted by Gasteiger charge is 2.26. The third-order valence-electron chi connectivity index (χ3n) is 3.40. The number of fused-ring (bicyclic) bond motifs is 1. The van der Waals surface area contributed by atoms with Crippen LogP contribution in [-0.4, -0.2) is 47.5 Å². The number of nitrogens with one attached hydrogen (secondary N) is 1. The van der Waals surface area contributed by atoms with Crippen LogP contribution in [0.2, 0.25) is 0 Å². The van der Waals surface area contributed by atoms with Crippen molar-refractivity contribution in [2.45, 2.75) is 12.8 Å². The smallest absolute Gasteiger partial charge is 0.324 e. The molecule has 0 radical (unpaired) electrons. The summed E-state index contributed by atoms with van der Waals surface area (Å²) >= 11 is 1.54. The summed E-state index contributed by atoms with van der Waals surface area (Å²) in [5.41, 5.74) is 0.913. The normalized spacial score (nSPS) is 14.1. The molecule has 0 unspecified atom stereocenters. The Bertz CT molecular complexity index is 725. The molecule has 1 fully saturated rings. The van der Waals surface area contributed by atoms with Crippen LogP contribution in [0.15, 0.2) is 24.3 Å². The van der Waals surface area contributed by atoms with E-state index in [1.54, 1.807) is 0 Å². The average molecular weight is 333 g/mol. The molecule has 0 atom stereocenters. The Labute approximate surface area is 136 Å². The maximum Gasteiger partial charge on any atom is 0.324 e.